The zero-order chi connectivity index (χ0) is 13.1. The number of amides is 1. The number of halogens is 2. The normalized spacial score (nSPS) is 14.2. The molecule has 0 radical (unpaired) electrons. The van der Waals surface area contributed by atoms with E-state index < -0.39 is 11.4 Å². The average molecular weight is 258 g/mol. The van der Waals surface area contributed by atoms with Crippen molar-refractivity contribution in [3.8, 4) is 0 Å². The first-order chi connectivity index (χ1) is 7.91. The van der Waals surface area contributed by atoms with E-state index in [1.54, 1.807) is 13.0 Å². The third kappa shape index (κ3) is 3.43. The molecule has 0 bridgehead atoms. The van der Waals surface area contributed by atoms with Crippen LogP contribution < -0.4 is 5.32 Å². The van der Waals surface area contributed by atoms with Crippen LogP contribution in [0.25, 0.3) is 0 Å². The van der Waals surface area contributed by atoms with Gasteiger partial charge in [0.05, 0.1) is 5.54 Å². The number of hydrogen-bond donors (Lipinski definition) is 1. The quantitative estimate of drug-likeness (QED) is 0.824. The fourth-order valence-corrected chi connectivity index (χ4v) is 1.65. The summed E-state index contributed by atoms with van der Waals surface area (Å²) >= 11 is 5.82. The maximum absolute atomic E-state index is 13.1. The highest BCUT2D eigenvalue weighted by atomic mass is 35.5. The molecule has 0 aromatic heterocycles. The first-order valence-electron chi connectivity index (χ1n) is 5.56. The minimum atomic E-state index is -0.461. The van der Waals surface area contributed by atoms with Gasteiger partial charge in [0.25, 0.3) is 5.91 Å². The van der Waals surface area contributed by atoms with Crippen LogP contribution >= 0.6 is 11.6 Å². The molecule has 1 N–H and O–H groups in total. The number of hydrogen-bond acceptors (Lipinski definition) is 1. The van der Waals surface area contributed by atoms with Crippen molar-refractivity contribution < 1.29 is 9.18 Å². The Balaban J connectivity index is 2.94. The number of alkyl halides is 1. The van der Waals surface area contributed by atoms with Gasteiger partial charge in [-0.15, -0.1) is 11.6 Å². The van der Waals surface area contributed by atoms with Crippen LogP contribution in [0.2, 0.25) is 0 Å². The molecule has 0 aliphatic rings. The van der Waals surface area contributed by atoms with E-state index in [0.29, 0.717) is 11.4 Å². The SMILES string of the molecule is CCC(C)(CCl)NC(=O)c1cc(F)ccc1C. The Morgan fingerprint density at radius 1 is 1.53 bits per heavy atom. The number of nitrogens with one attached hydrogen (secondary N) is 1. The molecule has 1 rings (SSSR count). The molecule has 0 fully saturated rings. The van der Waals surface area contributed by atoms with Crippen molar-refractivity contribution in [2.45, 2.75) is 32.7 Å². The lowest BCUT2D eigenvalue weighted by Gasteiger charge is -2.27. The predicted molar refractivity (Wildman–Crippen MR) is 68.0 cm³/mol. The van der Waals surface area contributed by atoms with Gasteiger partial charge in [0.15, 0.2) is 0 Å². The van der Waals surface area contributed by atoms with Gasteiger partial charge in [-0.3, -0.25) is 4.79 Å². The standard InChI is InChI=1S/C13H17ClFNO/c1-4-13(3,8-14)16-12(17)11-7-10(15)6-5-9(11)2/h5-7H,4,8H2,1-3H3,(H,16,17). The Morgan fingerprint density at radius 2 is 2.18 bits per heavy atom. The Labute approximate surface area is 106 Å². The van der Waals surface area contributed by atoms with Crippen molar-refractivity contribution in [2.75, 3.05) is 5.88 Å². The molecule has 1 aromatic rings. The molecule has 94 valence electrons. The second-order valence-electron chi connectivity index (χ2n) is 4.46. The molecule has 1 unspecified atom stereocenters. The van der Waals surface area contributed by atoms with Crippen LogP contribution in [0, 0.1) is 12.7 Å². The monoisotopic (exact) mass is 257 g/mol. The van der Waals surface area contributed by atoms with E-state index >= 15 is 0 Å². The molecular formula is C13H17ClFNO. The summed E-state index contributed by atoms with van der Waals surface area (Å²) in [6, 6.07) is 4.18. The van der Waals surface area contributed by atoms with Crippen LogP contribution in [0.4, 0.5) is 4.39 Å². The van der Waals surface area contributed by atoms with E-state index in [4.69, 9.17) is 11.6 Å². The summed E-state index contributed by atoms with van der Waals surface area (Å²) in [6.45, 7) is 5.59. The van der Waals surface area contributed by atoms with Crippen LogP contribution in [-0.2, 0) is 0 Å². The van der Waals surface area contributed by atoms with Crippen molar-refractivity contribution in [2.24, 2.45) is 0 Å². The highest BCUT2D eigenvalue weighted by Crippen LogP contribution is 2.15. The van der Waals surface area contributed by atoms with Crippen LogP contribution in [0.1, 0.15) is 36.2 Å². The van der Waals surface area contributed by atoms with E-state index in [2.05, 4.69) is 5.32 Å². The summed E-state index contributed by atoms with van der Waals surface area (Å²) in [4.78, 5) is 12.0. The number of carbonyl (C=O) groups is 1. The second-order valence-corrected chi connectivity index (χ2v) is 4.73. The topological polar surface area (TPSA) is 29.1 Å². The molecule has 1 atom stereocenters. The molecule has 1 amide bonds. The minimum absolute atomic E-state index is 0.285. The lowest BCUT2D eigenvalue weighted by Crippen LogP contribution is -2.47. The van der Waals surface area contributed by atoms with Crippen LogP contribution in [0.5, 0.6) is 0 Å². The van der Waals surface area contributed by atoms with Gasteiger partial charge in [-0.1, -0.05) is 13.0 Å². The van der Waals surface area contributed by atoms with Gasteiger partial charge < -0.3 is 5.32 Å². The Hall–Kier alpha value is -1.09. The van der Waals surface area contributed by atoms with E-state index in [1.165, 1.54) is 12.1 Å². The predicted octanol–water partition coefficient (Wildman–Crippen LogP) is 3.27. The highest BCUT2D eigenvalue weighted by molar-refractivity contribution is 6.18. The number of carbonyl (C=O) groups excluding carboxylic acids is 1. The van der Waals surface area contributed by atoms with E-state index in [1.807, 2.05) is 13.8 Å². The zero-order valence-electron chi connectivity index (χ0n) is 10.3. The van der Waals surface area contributed by atoms with Crippen LogP contribution in [0.3, 0.4) is 0 Å². The third-order valence-corrected chi connectivity index (χ3v) is 3.52. The largest absolute Gasteiger partial charge is 0.346 e. The number of aryl methyl sites for hydroxylation is 1. The second kappa shape index (κ2) is 5.50. The molecule has 0 heterocycles. The fourth-order valence-electron chi connectivity index (χ4n) is 1.40. The van der Waals surface area contributed by atoms with Crippen molar-refractivity contribution in [1.82, 2.24) is 5.32 Å². The third-order valence-electron chi connectivity index (χ3n) is 2.93. The zero-order valence-corrected chi connectivity index (χ0v) is 11.1. The van der Waals surface area contributed by atoms with Crippen molar-refractivity contribution in [3.05, 3.63) is 35.1 Å². The molecule has 0 aliphatic heterocycles. The molecule has 17 heavy (non-hydrogen) atoms. The smallest absolute Gasteiger partial charge is 0.252 e. The van der Waals surface area contributed by atoms with Gasteiger partial charge in [-0.25, -0.2) is 4.39 Å². The molecule has 4 heteroatoms. The van der Waals surface area contributed by atoms with Gasteiger partial charge in [-0.2, -0.15) is 0 Å². The summed E-state index contributed by atoms with van der Waals surface area (Å²) in [5.74, 6) is -0.374. The van der Waals surface area contributed by atoms with Crippen molar-refractivity contribution in [1.29, 1.82) is 0 Å². The van der Waals surface area contributed by atoms with E-state index in [9.17, 15) is 9.18 Å². The lowest BCUT2D eigenvalue weighted by molar-refractivity contribution is 0.0911. The first kappa shape index (κ1) is 14.0. The average Bonchev–Trinajstić information content (AvgIpc) is 2.32. The van der Waals surface area contributed by atoms with E-state index in [-0.39, 0.29) is 5.91 Å². The summed E-state index contributed by atoms with van der Waals surface area (Å²) in [7, 11) is 0. The maximum atomic E-state index is 13.1. The van der Waals surface area contributed by atoms with Gasteiger partial charge in [0, 0.05) is 11.4 Å². The molecule has 0 aliphatic carbocycles. The van der Waals surface area contributed by atoms with E-state index in [0.717, 1.165) is 12.0 Å². The molecule has 0 saturated carbocycles. The van der Waals surface area contributed by atoms with Gasteiger partial charge in [0.2, 0.25) is 0 Å². The van der Waals surface area contributed by atoms with Gasteiger partial charge in [-0.05, 0) is 38.0 Å². The lowest BCUT2D eigenvalue weighted by atomic mass is 10.00. The van der Waals surface area contributed by atoms with Gasteiger partial charge in [0.1, 0.15) is 5.82 Å². The van der Waals surface area contributed by atoms with Crippen LogP contribution in [0.15, 0.2) is 18.2 Å². The Kier molecular flexibility index (Phi) is 4.52. The number of rotatable bonds is 4. The maximum Gasteiger partial charge on any atom is 0.252 e. The van der Waals surface area contributed by atoms with Gasteiger partial charge >= 0.3 is 0 Å². The molecule has 0 saturated heterocycles. The molecule has 2 nitrogen and oxygen atoms in total. The first-order valence-corrected chi connectivity index (χ1v) is 6.10. The molecular weight excluding hydrogens is 241 g/mol. The summed E-state index contributed by atoms with van der Waals surface area (Å²) in [6.07, 6.45) is 0.719. The molecule has 1 aromatic carbocycles. The van der Waals surface area contributed by atoms with Crippen molar-refractivity contribution in [3.63, 3.8) is 0 Å². The van der Waals surface area contributed by atoms with Crippen LogP contribution in [-0.4, -0.2) is 17.3 Å². The summed E-state index contributed by atoms with van der Waals surface area (Å²) in [5.41, 5.74) is 0.643. The highest BCUT2D eigenvalue weighted by Gasteiger charge is 2.24. The summed E-state index contributed by atoms with van der Waals surface area (Å²) in [5, 5.41) is 2.84. The summed E-state index contributed by atoms with van der Waals surface area (Å²) < 4.78 is 13.1. The minimum Gasteiger partial charge on any atom is -0.346 e. The number of benzene rings is 1. The molecule has 0 spiro atoms. The Bertz CT molecular complexity index is 416. The Morgan fingerprint density at radius 3 is 2.71 bits per heavy atom. The van der Waals surface area contributed by atoms with Crippen molar-refractivity contribution >= 4 is 17.5 Å². The fraction of sp³-hybridized carbons (Fsp3) is 0.462.